The first-order chi connectivity index (χ1) is 34.6. The highest BCUT2D eigenvalue weighted by molar-refractivity contribution is 8.67. The van der Waals surface area contributed by atoms with E-state index in [9.17, 15) is 39.1 Å². The molecule has 8 atom stereocenters. The van der Waals surface area contributed by atoms with Crippen molar-refractivity contribution in [2.75, 3.05) is 19.0 Å². The first kappa shape index (κ1) is 50.6. The van der Waals surface area contributed by atoms with Crippen LogP contribution in [0, 0.1) is 32.1 Å². The minimum atomic E-state index is -3.85. The van der Waals surface area contributed by atoms with Crippen LogP contribution in [0.5, 0.6) is 0 Å². The lowest BCUT2D eigenvalue weighted by molar-refractivity contribution is -0.0928. The average molecular weight is 1030 g/mol. The molecule has 2 saturated heterocycles. The fourth-order valence-corrected chi connectivity index (χ4v) is 13.7. The van der Waals surface area contributed by atoms with Gasteiger partial charge >= 0.3 is 11.4 Å². The largest absolute Gasteiger partial charge is 0.390 e. The minimum Gasteiger partial charge on any atom is -0.390 e. The van der Waals surface area contributed by atoms with E-state index in [2.05, 4.69) is 16.0 Å². The Morgan fingerprint density at radius 3 is 1.99 bits per heavy atom. The van der Waals surface area contributed by atoms with E-state index in [4.69, 9.17) is 35.1 Å². The van der Waals surface area contributed by atoms with Crippen LogP contribution in [-0.4, -0.2) is 90.3 Å². The Labute approximate surface area is 421 Å². The van der Waals surface area contributed by atoms with Crippen molar-refractivity contribution in [1.82, 2.24) is 24.0 Å². The molecule has 3 aliphatic rings. The van der Waals surface area contributed by atoms with Crippen molar-refractivity contribution in [2.45, 2.75) is 82.1 Å². The molecule has 2 aromatic heterocycles. The number of ether oxygens (including phenoxy) is 3. The van der Waals surface area contributed by atoms with Crippen molar-refractivity contribution in [3.63, 3.8) is 0 Å². The molecule has 3 aliphatic heterocycles. The van der Waals surface area contributed by atoms with E-state index in [1.807, 2.05) is 92.7 Å². The summed E-state index contributed by atoms with van der Waals surface area (Å²) in [5.41, 5.74) is -3.45. The second kappa shape index (κ2) is 21.0. The first-order valence-corrected chi connectivity index (χ1v) is 27.2. The van der Waals surface area contributed by atoms with E-state index in [-0.39, 0.29) is 41.9 Å². The monoisotopic (exact) mass is 1030 g/mol. The van der Waals surface area contributed by atoms with Crippen LogP contribution in [0.3, 0.4) is 0 Å². The zero-order valence-corrected chi connectivity index (χ0v) is 41.6. The van der Waals surface area contributed by atoms with Gasteiger partial charge in [0.2, 0.25) is 5.69 Å². The van der Waals surface area contributed by atoms with Crippen LogP contribution in [0.25, 0.3) is 0 Å². The molecule has 4 aromatic carbocycles. The Hall–Kier alpha value is -6.37. The molecule has 21 heteroatoms. The van der Waals surface area contributed by atoms with E-state index in [0.29, 0.717) is 0 Å². The summed E-state index contributed by atoms with van der Waals surface area (Å²) in [6.45, 7) is 4.74. The lowest BCUT2D eigenvalue weighted by Gasteiger charge is -2.38. The van der Waals surface area contributed by atoms with Crippen molar-refractivity contribution >= 4 is 40.7 Å². The Morgan fingerprint density at radius 2 is 1.38 bits per heavy atom. The highest BCUT2D eigenvalue weighted by Gasteiger charge is 2.57. The summed E-state index contributed by atoms with van der Waals surface area (Å²) >= 11 is 7.31. The molecule has 1 unspecified atom stereocenters. The number of imide groups is 1. The number of hydrogen-bond donors (Lipinski definition) is 3. The van der Waals surface area contributed by atoms with Gasteiger partial charge in [0.1, 0.15) is 36.2 Å². The number of hydrogen-bond acceptors (Lipinski definition) is 15. The third kappa shape index (κ3) is 9.92. The smallest absolute Gasteiger partial charge is 0.330 e. The van der Waals surface area contributed by atoms with Crippen LogP contribution in [0.15, 0.2) is 141 Å². The number of fused-ring (bicyclic) bond motifs is 1. The zero-order valence-electron chi connectivity index (χ0n) is 39.1. The number of amides is 2. The standard InChI is InChI=1S/C51H49N6O12PS2/c1-30-14-18-34(19-15-30)51(33-10-5-4-6-11-33,35-20-16-31(2)17-21-35)65-28-40-44(43(48(68-40)55-24-22-41(59)53-49(55)63)57-46(61)36-12-7-8-13-37(36)47(57)62)69-70(71,72-25-9-23-52)66-29-39-38(58)26-42(67-39)56-27-32(3)45(60)54-50(56)64/h4-8,10-22,24,27,38-40,42-44,48,58H,9,25-26,28-29H2,1-3H3,(H,53,59,63)(H,54,60,64)/t38-,39+,40+,42+,43+,44+,48+,70?/m0/s1. The first-order valence-electron chi connectivity index (χ1n) is 23.0. The number of aliphatic hydroxyl groups is 1. The Kier molecular flexibility index (Phi) is 14.7. The summed E-state index contributed by atoms with van der Waals surface area (Å²) in [7, 11) is 0. The summed E-state index contributed by atoms with van der Waals surface area (Å²) in [6.07, 6.45) is -5.02. The van der Waals surface area contributed by atoms with Gasteiger partial charge in [0.25, 0.3) is 22.9 Å². The molecular formula is C51H49N6O12PS2. The van der Waals surface area contributed by atoms with Gasteiger partial charge in [-0.15, -0.1) is 0 Å². The molecular weight excluding hydrogens is 984 g/mol. The van der Waals surface area contributed by atoms with E-state index in [1.54, 1.807) is 12.1 Å². The Bertz CT molecular complexity index is 3260. The zero-order chi connectivity index (χ0) is 50.9. The fourth-order valence-electron chi connectivity index (χ4n) is 9.25. The van der Waals surface area contributed by atoms with Gasteiger partial charge in [-0.1, -0.05) is 114 Å². The number of nitrogens with one attached hydrogen (secondary N) is 2. The summed E-state index contributed by atoms with van der Waals surface area (Å²) in [4.78, 5) is 86.1. The number of nitriles is 1. The van der Waals surface area contributed by atoms with Gasteiger partial charge in [0, 0.05) is 42.6 Å². The second-order valence-electron chi connectivity index (χ2n) is 17.7. The number of carbonyl (C=O) groups is 2. The third-order valence-electron chi connectivity index (χ3n) is 12.9. The summed E-state index contributed by atoms with van der Waals surface area (Å²) in [6, 6.07) is 33.3. The topological polar surface area (TPSA) is 237 Å². The van der Waals surface area contributed by atoms with Crippen LogP contribution in [-0.2, 0) is 40.7 Å². The lowest BCUT2D eigenvalue weighted by atomic mass is 9.79. The number of rotatable bonds is 17. The van der Waals surface area contributed by atoms with Gasteiger partial charge in [-0.05, 0) is 61.4 Å². The molecule has 372 valence electrons. The van der Waals surface area contributed by atoms with Crippen LogP contribution in [0.1, 0.15) is 79.4 Å². The number of benzene rings is 4. The van der Waals surface area contributed by atoms with Gasteiger partial charge in [-0.3, -0.25) is 43.2 Å². The number of aromatic nitrogens is 4. The van der Waals surface area contributed by atoms with E-state index in [1.165, 1.54) is 36.0 Å². The van der Waals surface area contributed by atoms with Gasteiger partial charge in [-0.25, -0.2) is 9.59 Å². The Morgan fingerprint density at radius 1 is 0.778 bits per heavy atom. The quantitative estimate of drug-likeness (QED) is 0.0442. The van der Waals surface area contributed by atoms with Crippen LogP contribution >= 0.6 is 17.1 Å². The predicted octanol–water partition coefficient (Wildman–Crippen LogP) is 5.50. The molecule has 3 N–H and O–H groups in total. The molecule has 72 heavy (non-hydrogen) atoms. The van der Waals surface area contributed by atoms with Gasteiger partial charge < -0.3 is 28.4 Å². The van der Waals surface area contributed by atoms with E-state index >= 15 is 0 Å². The normalized spacial score (nSPS) is 22.7. The Balaban J connectivity index is 1.16. The highest BCUT2D eigenvalue weighted by Crippen LogP contribution is 2.64. The highest BCUT2D eigenvalue weighted by atomic mass is 32.9. The molecule has 0 aliphatic carbocycles. The van der Waals surface area contributed by atoms with Gasteiger partial charge in [0.15, 0.2) is 6.23 Å². The summed E-state index contributed by atoms with van der Waals surface area (Å²) in [5.74, 6) is -1.33. The molecule has 18 nitrogen and oxygen atoms in total. The van der Waals surface area contributed by atoms with Crippen molar-refractivity contribution < 1.29 is 38.0 Å². The summed E-state index contributed by atoms with van der Waals surface area (Å²) < 4.78 is 36.1. The number of aromatic amines is 2. The number of aryl methyl sites for hydroxylation is 3. The van der Waals surface area contributed by atoms with Crippen molar-refractivity contribution in [3.05, 3.63) is 208 Å². The number of aliphatic hydroxyl groups excluding tert-OH is 1. The summed E-state index contributed by atoms with van der Waals surface area (Å²) in [5, 5.41) is 21.0. The van der Waals surface area contributed by atoms with Crippen molar-refractivity contribution in [3.8, 4) is 6.07 Å². The molecule has 9 rings (SSSR count). The predicted molar refractivity (Wildman–Crippen MR) is 269 cm³/mol. The number of carbonyl (C=O) groups excluding carboxylic acids is 2. The average Bonchev–Trinajstić information content (AvgIpc) is 3.99. The lowest BCUT2D eigenvalue weighted by Crippen LogP contribution is -2.52. The molecule has 2 fully saturated rings. The van der Waals surface area contributed by atoms with Crippen molar-refractivity contribution in [2.24, 2.45) is 0 Å². The molecule has 0 radical (unpaired) electrons. The van der Waals surface area contributed by atoms with E-state index in [0.717, 1.165) is 54.7 Å². The number of H-pyrrole nitrogens is 2. The SMILES string of the molecule is Cc1ccc(C(OC[C@H]2O[C@@H](n3ccc(=O)[nH]c3=O)[C@H](N3C(=O)c4ccccc4C3=O)[C@@H]2OP(=S)(OC[C@H]2O[C@@H](n3cc(C)c(=O)[nH]c3=O)C[C@@H]2O)SCCC#N)(c2ccccc2)c2ccc(C)cc2)cc1. The van der Waals surface area contributed by atoms with Crippen molar-refractivity contribution in [1.29, 1.82) is 5.26 Å². The maximum atomic E-state index is 14.7. The van der Waals surface area contributed by atoms with Crippen LogP contribution in [0.2, 0.25) is 0 Å². The van der Waals surface area contributed by atoms with Crippen LogP contribution in [0.4, 0.5) is 0 Å². The minimum absolute atomic E-state index is 0.00646. The van der Waals surface area contributed by atoms with Gasteiger partial charge in [-0.2, -0.15) is 5.26 Å². The van der Waals surface area contributed by atoms with E-state index < -0.39 is 95.1 Å². The second-order valence-corrected chi connectivity index (χ2v) is 24.0. The van der Waals surface area contributed by atoms with Gasteiger partial charge in [0.05, 0.1) is 36.5 Å². The molecule has 6 aromatic rings. The number of nitrogens with zero attached hydrogens (tertiary/aromatic N) is 4. The fraction of sp³-hybridized carbons (Fsp3) is 0.314. The molecule has 5 heterocycles. The molecule has 0 spiro atoms. The maximum Gasteiger partial charge on any atom is 0.330 e. The molecule has 0 saturated carbocycles. The maximum absolute atomic E-state index is 14.7. The molecule has 0 bridgehead atoms. The molecule has 2 amide bonds. The third-order valence-corrected chi connectivity index (χ3v) is 18.2. The van der Waals surface area contributed by atoms with Crippen LogP contribution < -0.4 is 22.5 Å².